The van der Waals surface area contributed by atoms with Crippen LogP contribution in [0, 0.1) is 28.6 Å². The number of hydrogen-bond donors (Lipinski definition) is 3. The highest BCUT2D eigenvalue weighted by Gasteiger charge is 2.67. The first-order chi connectivity index (χ1) is 24.2. The lowest BCUT2D eigenvalue weighted by Crippen LogP contribution is -2.62. The topological polar surface area (TPSA) is 110 Å². The molecule has 9 unspecified atom stereocenters. The summed E-state index contributed by atoms with van der Waals surface area (Å²) in [6, 6.07) is 1.76. The summed E-state index contributed by atoms with van der Waals surface area (Å²) in [5, 5.41) is 25.1. The van der Waals surface area contributed by atoms with Gasteiger partial charge in [-0.25, -0.2) is 5.48 Å². The van der Waals surface area contributed by atoms with Crippen LogP contribution in [0.25, 0.3) is 16.5 Å². The van der Waals surface area contributed by atoms with Gasteiger partial charge in [-0.3, -0.25) is 14.4 Å². The Balaban J connectivity index is 1.32. The highest BCUT2D eigenvalue weighted by molar-refractivity contribution is 6.18. The second-order valence-electron chi connectivity index (χ2n) is 18.7. The number of nitrogens with zero attached hydrogens (tertiary/aromatic N) is 1. The van der Waals surface area contributed by atoms with Crippen molar-refractivity contribution >= 4 is 28.2 Å². The smallest absolute Gasteiger partial charge is 0.270 e. The third kappa shape index (κ3) is 4.35. The summed E-state index contributed by atoms with van der Waals surface area (Å²) in [4.78, 5) is 32.0. The molecule has 1 amide bonds. The summed E-state index contributed by atoms with van der Waals surface area (Å²) >= 11 is 0. The zero-order valence-corrected chi connectivity index (χ0v) is 32.6. The number of Topliss-reactive ketones (excluding diaryl/α,β-unsaturated/α-hetero) is 1. The predicted octanol–water partition coefficient (Wildman–Crippen LogP) is 7.78. The Labute approximate surface area is 308 Å². The van der Waals surface area contributed by atoms with Gasteiger partial charge in [0, 0.05) is 39.0 Å². The number of ether oxygens (including phenoxy) is 1. The molecule has 2 fully saturated rings. The molecular weight excluding hydrogens is 652 g/mol. The Morgan fingerprint density at radius 2 is 1.81 bits per heavy atom. The van der Waals surface area contributed by atoms with E-state index in [9.17, 15) is 19.8 Å². The van der Waals surface area contributed by atoms with Crippen molar-refractivity contribution < 1.29 is 29.4 Å². The van der Waals surface area contributed by atoms with Crippen molar-refractivity contribution in [2.75, 3.05) is 7.11 Å². The van der Waals surface area contributed by atoms with Gasteiger partial charge >= 0.3 is 0 Å². The maximum atomic E-state index is 14.9. The van der Waals surface area contributed by atoms with Crippen LogP contribution < -0.4 is 5.48 Å². The quantitative estimate of drug-likeness (QED) is 0.127. The van der Waals surface area contributed by atoms with Crippen molar-refractivity contribution in [1.29, 1.82) is 0 Å². The number of nitrogens with one attached hydrogen (secondary N) is 1. The van der Waals surface area contributed by atoms with E-state index in [1.807, 2.05) is 13.0 Å². The molecule has 3 heterocycles. The minimum atomic E-state index is -0.858. The van der Waals surface area contributed by atoms with Crippen molar-refractivity contribution in [3.63, 3.8) is 0 Å². The fourth-order valence-corrected chi connectivity index (χ4v) is 12.8. The summed E-state index contributed by atoms with van der Waals surface area (Å²) in [5.74, 6) is -0.00872. The van der Waals surface area contributed by atoms with Gasteiger partial charge in [-0.05, 0) is 120 Å². The van der Waals surface area contributed by atoms with Crippen LogP contribution in [0.4, 0.5) is 0 Å². The number of aromatic nitrogens is 1. The first kappa shape index (κ1) is 35.7. The molecule has 4 aliphatic carbocycles. The van der Waals surface area contributed by atoms with Gasteiger partial charge in [0.05, 0.1) is 41.6 Å². The number of benzene rings is 1. The third-order valence-electron chi connectivity index (χ3n) is 15.0. The number of rotatable bonds is 5. The van der Waals surface area contributed by atoms with Crippen LogP contribution in [0.3, 0.4) is 0 Å². The van der Waals surface area contributed by atoms with Crippen LogP contribution in [-0.2, 0) is 26.2 Å². The lowest BCUT2D eigenvalue weighted by atomic mass is 9.40. The van der Waals surface area contributed by atoms with Gasteiger partial charge in [0.1, 0.15) is 6.04 Å². The average molecular weight is 709 g/mol. The van der Waals surface area contributed by atoms with Gasteiger partial charge < -0.3 is 19.5 Å². The molecule has 2 aliphatic heterocycles. The van der Waals surface area contributed by atoms with Crippen LogP contribution in [0.5, 0.6) is 0 Å². The Bertz CT molecular complexity index is 2060. The number of aliphatic hydroxyl groups excluding tert-OH is 2. The monoisotopic (exact) mass is 708 g/mol. The zero-order chi connectivity index (χ0) is 37.7. The molecule has 2 aromatic rings. The summed E-state index contributed by atoms with van der Waals surface area (Å²) in [6.45, 7) is 23.4. The molecule has 0 saturated heterocycles. The number of carbonyl (C=O) groups excluding carboxylic acids is 2. The van der Waals surface area contributed by atoms with E-state index in [1.54, 1.807) is 13.0 Å². The number of hydrogen-bond acceptors (Lipinski definition) is 6. The minimum Gasteiger partial charge on any atom is -0.392 e. The number of carbonyl (C=O) groups is 2. The molecule has 9 atom stereocenters. The van der Waals surface area contributed by atoms with Gasteiger partial charge in [-0.15, -0.1) is 0 Å². The number of allylic oxidation sites excluding steroid dienone is 3. The van der Waals surface area contributed by atoms with Crippen LogP contribution >= 0.6 is 0 Å². The summed E-state index contributed by atoms with van der Waals surface area (Å²) < 4.78 is 8.89. The number of hydroxylamine groups is 1. The molecule has 2 saturated carbocycles. The van der Waals surface area contributed by atoms with E-state index in [-0.39, 0.29) is 34.4 Å². The van der Waals surface area contributed by atoms with E-state index in [4.69, 9.17) is 9.57 Å². The van der Waals surface area contributed by atoms with Crippen LogP contribution in [0.2, 0.25) is 0 Å². The van der Waals surface area contributed by atoms with Crippen molar-refractivity contribution in [1.82, 2.24) is 10.0 Å². The number of aliphatic hydroxyl groups is 2. The largest absolute Gasteiger partial charge is 0.392 e. The molecule has 0 radical (unpaired) electrons. The molecule has 8 nitrogen and oxygen atoms in total. The van der Waals surface area contributed by atoms with E-state index in [0.29, 0.717) is 23.5 Å². The summed E-state index contributed by atoms with van der Waals surface area (Å²) in [5.41, 5.74) is 8.57. The lowest BCUT2D eigenvalue weighted by molar-refractivity contribution is -0.144. The molecule has 1 aromatic carbocycles. The SMILES string of the molecule is C=C(C)C1C(=O)c2c3c(cc4c5c(n1c24)C1(C)C(CCC2C(C)(/C=C/C=C(\C)C(=O)NOC)C(O)CCC21C)C5)C1=CC(C)(C)OC(C)(C)C1C3O. The van der Waals surface area contributed by atoms with E-state index >= 15 is 0 Å². The lowest BCUT2D eigenvalue weighted by Gasteiger charge is -2.64. The number of ketones is 1. The molecule has 6 aliphatic rings. The van der Waals surface area contributed by atoms with E-state index in [2.05, 4.69) is 83.3 Å². The van der Waals surface area contributed by atoms with Crippen molar-refractivity contribution in [3.8, 4) is 0 Å². The summed E-state index contributed by atoms with van der Waals surface area (Å²) in [7, 11) is 1.42. The van der Waals surface area contributed by atoms with E-state index in [1.165, 1.54) is 18.4 Å². The fourth-order valence-electron chi connectivity index (χ4n) is 12.8. The van der Waals surface area contributed by atoms with Gasteiger partial charge in [0.15, 0.2) is 5.78 Å². The molecule has 1 aromatic heterocycles. The number of fused-ring (bicyclic) bond motifs is 11. The third-order valence-corrected chi connectivity index (χ3v) is 15.0. The average Bonchev–Trinajstić information content (AvgIpc) is 3.72. The Kier molecular flexibility index (Phi) is 7.64. The first-order valence-corrected chi connectivity index (χ1v) is 19.2. The van der Waals surface area contributed by atoms with E-state index < -0.39 is 34.9 Å². The fraction of sp³-hybridized carbons (Fsp3) is 0.591. The molecule has 3 N–H and O–H groups in total. The predicted molar refractivity (Wildman–Crippen MR) is 203 cm³/mol. The van der Waals surface area contributed by atoms with Crippen molar-refractivity contribution in [3.05, 3.63) is 76.0 Å². The van der Waals surface area contributed by atoms with Crippen molar-refractivity contribution in [2.24, 2.45) is 28.6 Å². The highest BCUT2D eigenvalue weighted by Crippen LogP contribution is 2.71. The van der Waals surface area contributed by atoms with Gasteiger partial charge in [-0.2, -0.15) is 0 Å². The highest BCUT2D eigenvalue weighted by atomic mass is 16.6. The second kappa shape index (κ2) is 11.1. The molecule has 8 heteroatoms. The van der Waals surface area contributed by atoms with Crippen molar-refractivity contribution in [2.45, 2.75) is 129 Å². The van der Waals surface area contributed by atoms with Crippen LogP contribution in [0.1, 0.15) is 133 Å². The maximum absolute atomic E-state index is 14.9. The van der Waals surface area contributed by atoms with Crippen LogP contribution in [0.15, 0.2) is 48.1 Å². The van der Waals surface area contributed by atoms with Gasteiger partial charge in [0.2, 0.25) is 0 Å². The molecule has 8 rings (SSSR count). The van der Waals surface area contributed by atoms with Gasteiger partial charge in [-0.1, -0.05) is 51.2 Å². The standard InChI is InChI=1S/C44H56N2O6/c1-22(2)34-37(49)32-31-25(28-21-40(4,5)52-41(6,7)33(28)36(31)48)20-26-27-19-24-14-15-29-42(8,17-12-13-23(3)39(50)45-51-11)30(47)16-18-43(29,9)44(24,10)38(27)46(34)35(26)32/h12-13,17,20-21,24,29-30,33-34,36,47-48H,1,14-16,18-19H2,2-11H3,(H,45,50)/b17-12+,23-13+. The van der Waals surface area contributed by atoms with E-state index in [0.717, 1.165) is 58.9 Å². The molecule has 0 bridgehead atoms. The zero-order valence-electron chi connectivity index (χ0n) is 32.6. The Hall–Kier alpha value is -3.30. The Morgan fingerprint density at radius 1 is 1.10 bits per heavy atom. The molecule has 0 spiro atoms. The summed E-state index contributed by atoms with van der Waals surface area (Å²) in [6.07, 6.45) is 11.1. The minimum absolute atomic E-state index is 0.0273. The normalized spacial score (nSPS) is 38.1. The molecule has 52 heavy (non-hydrogen) atoms. The maximum Gasteiger partial charge on any atom is 0.270 e. The van der Waals surface area contributed by atoms with Crippen LogP contribution in [-0.4, -0.2) is 50.9 Å². The first-order valence-electron chi connectivity index (χ1n) is 19.2. The Morgan fingerprint density at radius 3 is 2.48 bits per heavy atom. The second-order valence-corrected chi connectivity index (χ2v) is 18.7. The molecule has 278 valence electrons. The van der Waals surface area contributed by atoms with Gasteiger partial charge in [0.25, 0.3) is 5.91 Å². The number of amides is 1. The molecular formula is C44H56N2O6.